The molecule has 2 rings (SSSR count). The molecule has 0 aliphatic rings. The van der Waals surface area contributed by atoms with E-state index in [0.29, 0.717) is 12.4 Å². The SMILES string of the molecule is CC(C)(CCc1ccccc1)NCc1nc(N)ccc1CO.Cl.Cl.O. The van der Waals surface area contributed by atoms with Gasteiger partial charge in [-0.05, 0) is 38.3 Å². The van der Waals surface area contributed by atoms with Gasteiger partial charge in [-0.15, -0.1) is 24.8 Å². The summed E-state index contributed by atoms with van der Waals surface area (Å²) in [4.78, 5) is 4.32. The number of aliphatic hydroxyl groups is 1. The van der Waals surface area contributed by atoms with E-state index >= 15 is 0 Å². The Balaban J connectivity index is 0. The normalized spacial score (nSPS) is 10.2. The smallest absolute Gasteiger partial charge is 0.123 e. The van der Waals surface area contributed by atoms with E-state index in [1.807, 2.05) is 12.1 Å². The van der Waals surface area contributed by atoms with Crippen molar-refractivity contribution >= 4 is 30.6 Å². The summed E-state index contributed by atoms with van der Waals surface area (Å²) in [5, 5.41) is 12.9. The Labute approximate surface area is 162 Å². The van der Waals surface area contributed by atoms with E-state index in [0.717, 1.165) is 24.1 Å². The highest BCUT2D eigenvalue weighted by molar-refractivity contribution is 5.85. The summed E-state index contributed by atoms with van der Waals surface area (Å²) < 4.78 is 0. The Morgan fingerprint density at radius 1 is 1.08 bits per heavy atom. The Morgan fingerprint density at radius 2 is 1.72 bits per heavy atom. The second-order valence-corrected chi connectivity index (χ2v) is 6.22. The highest BCUT2D eigenvalue weighted by Gasteiger charge is 2.18. The number of benzene rings is 1. The molecule has 0 aliphatic heterocycles. The Morgan fingerprint density at radius 3 is 2.32 bits per heavy atom. The fourth-order valence-electron chi connectivity index (χ4n) is 2.36. The molecule has 142 valence electrons. The summed E-state index contributed by atoms with van der Waals surface area (Å²) in [6, 6.07) is 14.0. The molecule has 2 aromatic rings. The summed E-state index contributed by atoms with van der Waals surface area (Å²) >= 11 is 0. The van der Waals surface area contributed by atoms with Crippen LogP contribution in [0.15, 0.2) is 42.5 Å². The minimum Gasteiger partial charge on any atom is -0.412 e. The monoisotopic (exact) mass is 389 g/mol. The molecular weight excluding hydrogens is 361 g/mol. The quantitative estimate of drug-likeness (QED) is 0.676. The Bertz CT molecular complexity index is 611. The molecule has 0 radical (unpaired) electrons. The average molecular weight is 390 g/mol. The summed E-state index contributed by atoms with van der Waals surface area (Å²) in [6.07, 6.45) is 2.05. The van der Waals surface area contributed by atoms with Gasteiger partial charge < -0.3 is 21.6 Å². The zero-order valence-electron chi connectivity index (χ0n) is 14.7. The predicted octanol–water partition coefficient (Wildman–Crippen LogP) is 2.68. The largest absolute Gasteiger partial charge is 0.412 e. The van der Waals surface area contributed by atoms with Crippen LogP contribution in [0.25, 0.3) is 0 Å². The van der Waals surface area contributed by atoms with Crippen molar-refractivity contribution in [3.63, 3.8) is 0 Å². The van der Waals surface area contributed by atoms with Gasteiger partial charge in [0, 0.05) is 17.6 Å². The van der Waals surface area contributed by atoms with E-state index in [9.17, 15) is 5.11 Å². The fraction of sp³-hybridized carbons (Fsp3) is 0.389. The highest BCUT2D eigenvalue weighted by Crippen LogP contribution is 2.16. The standard InChI is InChI=1S/C18H25N3O.2ClH.H2O/c1-18(2,11-10-14-6-4-3-5-7-14)20-12-16-15(13-22)8-9-17(19)21-16;;;/h3-9,20,22H,10-13H2,1-2H3,(H2,19,21);2*1H;1H2. The third-order valence-electron chi connectivity index (χ3n) is 3.88. The van der Waals surface area contributed by atoms with Gasteiger partial charge in [0.1, 0.15) is 5.82 Å². The number of nitrogens with two attached hydrogens (primary N) is 1. The van der Waals surface area contributed by atoms with Gasteiger partial charge in [-0.2, -0.15) is 0 Å². The number of anilines is 1. The summed E-state index contributed by atoms with van der Waals surface area (Å²) in [6.45, 7) is 4.94. The number of aryl methyl sites for hydroxylation is 1. The molecule has 6 N–H and O–H groups in total. The van der Waals surface area contributed by atoms with Crippen LogP contribution in [0.3, 0.4) is 0 Å². The number of halogens is 2. The van der Waals surface area contributed by atoms with Crippen molar-refractivity contribution in [3.05, 3.63) is 59.3 Å². The molecule has 0 unspecified atom stereocenters. The minimum atomic E-state index is -0.0191. The van der Waals surface area contributed by atoms with Crippen LogP contribution >= 0.6 is 24.8 Å². The van der Waals surface area contributed by atoms with Crippen LogP contribution in [0.5, 0.6) is 0 Å². The lowest BCUT2D eigenvalue weighted by Gasteiger charge is -2.27. The zero-order valence-corrected chi connectivity index (χ0v) is 16.3. The first-order chi connectivity index (χ1) is 10.5. The predicted molar refractivity (Wildman–Crippen MR) is 108 cm³/mol. The molecule has 0 fully saturated rings. The van der Waals surface area contributed by atoms with Gasteiger partial charge in [0.15, 0.2) is 0 Å². The molecular formula is C18H29Cl2N3O2. The van der Waals surface area contributed by atoms with Crippen molar-refractivity contribution in [1.29, 1.82) is 0 Å². The van der Waals surface area contributed by atoms with Gasteiger partial charge in [0.05, 0.1) is 12.3 Å². The number of hydrogen-bond donors (Lipinski definition) is 3. The number of nitrogens with zero attached hydrogens (tertiary/aromatic N) is 1. The van der Waals surface area contributed by atoms with Crippen LogP contribution in [0.1, 0.15) is 37.1 Å². The second kappa shape index (κ2) is 12.1. The van der Waals surface area contributed by atoms with Crippen LogP contribution in [-0.4, -0.2) is 21.1 Å². The molecule has 1 aromatic carbocycles. The Kier molecular flexibility index (Phi) is 12.5. The second-order valence-electron chi connectivity index (χ2n) is 6.22. The lowest BCUT2D eigenvalue weighted by atomic mass is 9.95. The lowest BCUT2D eigenvalue weighted by molar-refractivity contribution is 0.278. The molecule has 25 heavy (non-hydrogen) atoms. The average Bonchev–Trinajstić information content (AvgIpc) is 2.52. The molecule has 0 atom stereocenters. The molecule has 0 saturated heterocycles. The molecule has 1 aromatic heterocycles. The van der Waals surface area contributed by atoms with Crippen LogP contribution < -0.4 is 11.1 Å². The van der Waals surface area contributed by atoms with Gasteiger partial charge in [-0.3, -0.25) is 0 Å². The number of hydrogen-bond acceptors (Lipinski definition) is 4. The van der Waals surface area contributed by atoms with E-state index in [4.69, 9.17) is 5.73 Å². The first-order valence-electron chi connectivity index (χ1n) is 7.64. The first-order valence-corrected chi connectivity index (χ1v) is 7.64. The zero-order chi connectivity index (χ0) is 16.0. The maximum Gasteiger partial charge on any atom is 0.123 e. The minimum absolute atomic E-state index is 0. The number of nitrogen functional groups attached to an aromatic ring is 1. The number of aromatic nitrogens is 1. The molecule has 0 bridgehead atoms. The van der Waals surface area contributed by atoms with E-state index in [-0.39, 0.29) is 42.4 Å². The first kappa shape index (κ1) is 25.9. The van der Waals surface area contributed by atoms with E-state index in [1.54, 1.807) is 6.07 Å². The van der Waals surface area contributed by atoms with Crippen molar-refractivity contribution in [2.24, 2.45) is 0 Å². The van der Waals surface area contributed by atoms with Crippen molar-refractivity contribution in [3.8, 4) is 0 Å². The van der Waals surface area contributed by atoms with Crippen molar-refractivity contribution in [2.45, 2.75) is 45.4 Å². The number of rotatable bonds is 7. The molecule has 5 nitrogen and oxygen atoms in total. The van der Waals surface area contributed by atoms with Crippen LogP contribution in [0.2, 0.25) is 0 Å². The molecule has 1 heterocycles. The molecule has 0 aliphatic carbocycles. The maximum atomic E-state index is 9.38. The topological polar surface area (TPSA) is 103 Å². The van der Waals surface area contributed by atoms with Gasteiger partial charge in [0.25, 0.3) is 0 Å². The molecule has 7 heteroatoms. The van der Waals surface area contributed by atoms with Crippen LogP contribution in [0, 0.1) is 0 Å². The van der Waals surface area contributed by atoms with Gasteiger partial charge in [-0.25, -0.2) is 4.98 Å². The van der Waals surface area contributed by atoms with Crippen LogP contribution in [-0.2, 0) is 19.6 Å². The van der Waals surface area contributed by atoms with Crippen molar-refractivity contribution < 1.29 is 10.6 Å². The van der Waals surface area contributed by atoms with Crippen molar-refractivity contribution in [2.75, 3.05) is 5.73 Å². The Hall–Kier alpha value is -1.37. The summed E-state index contributed by atoms with van der Waals surface area (Å²) in [5.74, 6) is 0.482. The van der Waals surface area contributed by atoms with E-state index < -0.39 is 0 Å². The fourth-order valence-corrected chi connectivity index (χ4v) is 2.36. The van der Waals surface area contributed by atoms with Gasteiger partial charge >= 0.3 is 0 Å². The van der Waals surface area contributed by atoms with Crippen molar-refractivity contribution in [1.82, 2.24) is 10.3 Å². The van der Waals surface area contributed by atoms with E-state index in [2.05, 4.69) is 48.4 Å². The highest BCUT2D eigenvalue weighted by atomic mass is 35.5. The molecule has 0 saturated carbocycles. The summed E-state index contributed by atoms with van der Waals surface area (Å²) in [5.41, 5.74) is 8.69. The van der Waals surface area contributed by atoms with Gasteiger partial charge in [0.2, 0.25) is 0 Å². The molecule has 0 spiro atoms. The van der Waals surface area contributed by atoms with Crippen LogP contribution in [0.4, 0.5) is 5.82 Å². The van der Waals surface area contributed by atoms with E-state index in [1.165, 1.54) is 5.56 Å². The molecule has 0 amide bonds. The number of nitrogens with one attached hydrogen (secondary N) is 1. The third-order valence-corrected chi connectivity index (χ3v) is 3.88. The summed E-state index contributed by atoms with van der Waals surface area (Å²) in [7, 11) is 0. The maximum absolute atomic E-state index is 9.38. The number of aliphatic hydroxyl groups excluding tert-OH is 1. The lowest BCUT2D eigenvalue weighted by Crippen LogP contribution is -2.39. The number of pyridine rings is 1. The van der Waals surface area contributed by atoms with Gasteiger partial charge in [-0.1, -0.05) is 36.4 Å². The third kappa shape index (κ3) is 8.52.